The summed E-state index contributed by atoms with van der Waals surface area (Å²) < 4.78 is 36.3. The molecule has 0 aromatic carbocycles. The first-order valence-electron chi connectivity index (χ1n) is 6.53. The lowest BCUT2D eigenvalue weighted by molar-refractivity contribution is -0.136. The maximum absolute atomic E-state index is 12.1. The molecule has 0 bridgehead atoms. The molecule has 0 aliphatic carbocycles. The van der Waals surface area contributed by atoms with E-state index >= 15 is 0 Å². The average molecular weight is 253 g/mol. The maximum Gasteiger partial charge on any atom is 0.389 e. The van der Waals surface area contributed by atoms with Gasteiger partial charge in [-0.1, -0.05) is 27.7 Å². The number of hydrogen-bond acceptors (Lipinski definition) is 1. The minimum atomic E-state index is -4.02. The summed E-state index contributed by atoms with van der Waals surface area (Å²) in [4.78, 5) is 0. The van der Waals surface area contributed by atoms with Crippen LogP contribution in [0.2, 0.25) is 0 Å². The zero-order valence-electron chi connectivity index (χ0n) is 11.5. The van der Waals surface area contributed by atoms with Gasteiger partial charge in [0.25, 0.3) is 0 Å². The number of halogens is 3. The van der Waals surface area contributed by atoms with E-state index < -0.39 is 12.6 Å². The van der Waals surface area contributed by atoms with Crippen LogP contribution in [-0.2, 0) is 0 Å². The van der Waals surface area contributed by atoms with Gasteiger partial charge in [-0.2, -0.15) is 13.2 Å². The number of rotatable bonds is 8. The monoisotopic (exact) mass is 253 g/mol. The average Bonchev–Trinajstić information content (AvgIpc) is 2.21. The number of nitrogens with one attached hydrogen (secondary N) is 1. The predicted octanol–water partition coefficient (Wildman–Crippen LogP) is 4.52. The summed E-state index contributed by atoms with van der Waals surface area (Å²) in [5.74, 6) is 0. The van der Waals surface area contributed by atoms with Crippen LogP contribution < -0.4 is 5.32 Å². The van der Waals surface area contributed by atoms with Crippen molar-refractivity contribution in [1.82, 2.24) is 5.32 Å². The van der Waals surface area contributed by atoms with Crippen LogP contribution in [-0.4, -0.2) is 18.8 Å². The molecule has 0 radical (unpaired) electrons. The SMILES string of the molecule is CCCNC(CCCC(F)(F)F)C(C)(C)CC. The Labute approximate surface area is 103 Å². The summed E-state index contributed by atoms with van der Waals surface area (Å²) in [6.07, 6.45) is -1.90. The van der Waals surface area contributed by atoms with Crippen LogP contribution >= 0.6 is 0 Å². The van der Waals surface area contributed by atoms with Crippen LogP contribution in [0.25, 0.3) is 0 Å². The topological polar surface area (TPSA) is 12.0 Å². The van der Waals surface area contributed by atoms with E-state index in [1.54, 1.807) is 0 Å². The largest absolute Gasteiger partial charge is 0.389 e. The summed E-state index contributed by atoms with van der Waals surface area (Å²) in [7, 11) is 0. The first kappa shape index (κ1) is 16.8. The van der Waals surface area contributed by atoms with Crippen molar-refractivity contribution >= 4 is 0 Å². The molecule has 1 nitrogen and oxygen atoms in total. The van der Waals surface area contributed by atoms with Gasteiger partial charge in [0.05, 0.1) is 0 Å². The molecule has 0 amide bonds. The Morgan fingerprint density at radius 1 is 1.12 bits per heavy atom. The Morgan fingerprint density at radius 3 is 2.12 bits per heavy atom. The van der Waals surface area contributed by atoms with Gasteiger partial charge in [-0.05, 0) is 37.6 Å². The van der Waals surface area contributed by atoms with E-state index in [4.69, 9.17) is 0 Å². The predicted molar refractivity (Wildman–Crippen MR) is 66.1 cm³/mol. The van der Waals surface area contributed by atoms with Crippen molar-refractivity contribution in [3.05, 3.63) is 0 Å². The lowest BCUT2D eigenvalue weighted by Crippen LogP contribution is -2.42. The fourth-order valence-electron chi connectivity index (χ4n) is 1.84. The third-order valence-corrected chi connectivity index (χ3v) is 3.45. The molecule has 1 atom stereocenters. The fourth-order valence-corrected chi connectivity index (χ4v) is 1.84. The van der Waals surface area contributed by atoms with E-state index in [1.807, 2.05) is 0 Å². The Balaban J connectivity index is 4.20. The van der Waals surface area contributed by atoms with Gasteiger partial charge in [0.1, 0.15) is 0 Å². The van der Waals surface area contributed by atoms with E-state index in [0.29, 0.717) is 6.42 Å². The highest BCUT2D eigenvalue weighted by Crippen LogP contribution is 2.30. The standard InChI is InChI=1S/C13H26F3N/c1-5-10-17-11(12(3,4)6-2)8-7-9-13(14,15)16/h11,17H,5-10H2,1-4H3. The summed E-state index contributed by atoms with van der Waals surface area (Å²) in [6, 6.07) is 0.176. The Hall–Kier alpha value is -0.250. The van der Waals surface area contributed by atoms with Crippen molar-refractivity contribution in [3.63, 3.8) is 0 Å². The first-order valence-corrected chi connectivity index (χ1v) is 6.53. The van der Waals surface area contributed by atoms with Crippen molar-refractivity contribution in [1.29, 1.82) is 0 Å². The molecule has 0 aliphatic heterocycles. The lowest BCUT2D eigenvalue weighted by Gasteiger charge is -2.34. The van der Waals surface area contributed by atoms with E-state index in [-0.39, 0.29) is 17.9 Å². The van der Waals surface area contributed by atoms with Crippen LogP contribution in [0.5, 0.6) is 0 Å². The highest BCUT2D eigenvalue weighted by Gasteiger charge is 2.30. The molecule has 0 rings (SSSR count). The third kappa shape index (κ3) is 7.63. The van der Waals surface area contributed by atoms with Gasteiger partial charge >= 0.3 is 6.18 Å². The molecule has 0 fully saturated rings. The molecule has 1 unspecified atom stereocenters. The van der Waals surface area contributed by atoms with Crippen molar-refractivity contribution in [2.24, 2.45) is 5.41 Å². The Kier molecular flexibility index (Phi) is 7.14. The second kappa shape index (κ2) is 7.24. The molecule has 0 spiro atoms. The summed E-state index contributed by atoms with van der Waals surface area (Å²) >= 11 is 0. The molecular weight excluding hydrogens is 227 g/mol. The molecule has 0 heterocycles. The van der Waals surface area contributed by atoms with Gasteiger partial charge in [0.2, 0.25) is 0 Å². The maximum atomic E-state index is 12.1. The Morgan fingerprint density at radius 2 is 1.71 bits per heavy atom. The second-order valence-corrected chi connectivity index (χ2v) is 5.36. The van der Waals surface area contributed by atoms with Crippen molar-refractivity contribution < 1.29 is 13.2 Å². The van der Waals surface area contributed by atoms with Crippen molar-refractivity contribution in [2.45, 2.75) is 72.0 Å². The van der Waals surface area contributed by atoms with Gasteiger partial charge in [-0.3, -0.25) is 0 Å². The van der Waals surface area contributed by atoms with Gasteiger partial charge in [0, 0.05) is 12.5 Å². The van der Waals surface area contributed by atoms with Gasteiger partial charge in [0.15, 0.2) is 0 Å². The molecule has 1 N–H and O–H groups in total. The van der Waals surface area contributed by atoms with Crippen LogP contribution in [0.15, 0.2) is 0 Å². The second-order valence-electron chi connectivity index (χ2n) is 5.36. The summed E-state index contributed by atoms with van der Waals surface area (Å²) in [5, 5.41) is 3.38. The van der Waals surface area contributed by atoms with Gasteiger partial charge in [-0.25, -0.2) is 0 Å². The fraction of sp³-hybridized carbons (Fsp3) is 1.00. The van der Waals surface area contributed by atoms with Crippen molar-refractivity contribution in [3.8, 4) is 0 Å². The van der Waals surface area contributed by atoms with E-state index in [2.05, 4.69) is 33.0 Å². The smallest absolute Gasteiger partial charge is 0.313 e. The van der Waals surface area contributed by atoms with Crippen LogP contribution in [0.4, 0.5) is 13.2 Å². The minimum Gasteiger partial charge on any atom is -0.313 e. The molecule has 17 heavy (non-hydrogen) atoms. The van der Waals surface area contributed by atoms with E-state index in [9.17, 15) is 13.2 Å². The van der Waals surface area contributed by atoms with E-state index in [1.165, 1.54) is 0 Å². The normalized spacial score (nSPS) is 15.0. The zero-order valence-corrected chi connectivity index (χ0v) is 11.5. The van der Waals surface area contributed by atoms with Crippen LogP contribution in [0, 0.1) is 5.41 Å². The quantitative estimate of drug-likeness (QED) is 0.670. The molecule has 0 saturated carbocycles. The molecule has 0 aromatic heterocycles. The van der Waals surface area contributed by atoms with Gasteiger partial charge in [-0.15, -0.1) is 0 Å². The zero-order chi connectivity index (χ0) is 13.5. The highest BCUT2D eigenvalue weighted by atomic mass is 19.4. The number of alkyl halides is 3. The third-order valence-electron chi connectivity index (χ3n) is 3.45. The molecule has 0 aromatic rings. The number of hydrogen-bond donors (Lipinski definition) is 1. The summed E-state index contributed by atoms with van der Waals surface area (Å²) in [5.41, 5.74) is 0.0563. The molecule has 0 aliphatic rings. The van der Waals surface area contributed by atoms with Crippen LogP contribution in [0.3, 0.4) is 0 Å². The lowest BCUT2D eigenvalue weighted by atomic mass is 9.79. The molecule has 104 valence electrons. The first-order chi connectivity index (χ1) is 7.73. The Bertz CT molecular complexity index is 199. The van der Waals surface area contributed by atoms with E-state index in [0.717, 1.165) is 19.4 Å². The minimum absolute atomic E-state index is 0.0563. The molecule has 0 saturated heterocycles. The molecule has 4 heteroatoms. The highest BCUT2D eigenvalue weighted by molar-refractivity contribution is 4.83. The molecular formula is C13H26F3N. The van der Waals surface area contributed by atoms with Crippen molar-refractivity contribution in [2.75, 3.05) is 6.54 Å². The van der Waals surface area contributed by atoms with Gasteiger partial charge < -0.3 is 5.32 Å². The van der Waals surface area contributed by atoms with Crippen LogP contribution in [0.1, 0.15) is 59.8 Å². The summed E-state index contributed by atoms with van der Waals surface area (Å²) in [6.45, 7) is 9.27.